The van der Waals surface area contributed by atoms with E-state index in [1.165, 1.54) is 77.3 Å². The zero-order valence-corrected chi connectivity index (χ0v) is 14.6. The highest BCUT2D eigenvalue weighted by Crippen LogP contribution is 2.31. The lowest BCUT2D eigenvalue weighted by Crippen LogP contribution is -2.48. The van der Waals surface area contributed by atoms with Gasteiger partial charge in [0.15, 0.2) is 0 Å². The van der Waals surface area contributed by atoms with Gasteiger partial charge in [-0.2, -0.15) is 0 Å². The highest BCUT2D eigenvalue weighted by Gasteiger charge is 2.32. The van der Waals surface area contributed by atoms with E-state index in [2.05, 4.69) is 16.7 Å². The molecule has 3 heteroatoms. The van der Waals surface area contributed by atoms with Crippen molar-refractivity contribution in [3.05, 3.63) is 0 Å². The van der Waals surface area contributed by atoms with Crippen LogP contribution in [0.4, 0.5) is 0 Å². The Balaban J connectivity index is 1.50. The Labute approximate surface area is 137 Å². The average molecular weight is 309 g/mol. The van der Waals surface area contributed by atoms with E-state index in [0.717, 1.165) is 31.1 Å². The van der Waals surface area contributed by atoms with Crippen LogP contribution in [0.25, 0.3) is 0 Å². The van der Waals surface area contributed by atoms with Gasteiger partial charge in [0.05, 0.1) is 6.10 Å². The van der Waals surface area contributed by atoms with Crippen LogP contribution < -0.4 is 0 Å². The molecule has 2 saturated carbocycles. The van der Waals surface area contributed by atoms with E-state index in [4.69, 9.17) is 0 Å². The number of rotatable bonds is 6. The Morgan fingerprint density at radius 2 is 1.41 bits per heavy atom. The number of aliphatic hydroxyl groups excluding tert-OH is 1. The van der Waals surface area contributed by atoms with Gasteiger partial charge in [0, 0.05) is 25.2 Å². The summed E-state index contributed by atoms with van der Waals surface area (Å²) in [4.78, 5) is 5.21. The third kappa shape index (κ3) is 4.46. The van der Waals surface area contributed by atoms with Crippen molar-refractivity contribution in [1.82, 2.24) is 9.80 Å². The van der Waals surface area contributed by atoms with E-state index in [9.17, 15) is 5.11 Å². The normalized spacial score (nSPS) is 28.0. The minimum absolute atomic E-state index is 0.158. The first kappa shape index (κ1) is 16.7. The van der Waals surface area contributed by atoms with E-state index in [1.807, 2.05) is 0 Å². The van der Waals surface area contributed by atoms with Crippen molar-refractivity contribution in [2.45, 2.75) is 89.3 Å². The van der Waals surface area contributed by atoms with Crippen LogP contribution in [0.15, 0.2) is 0 Å². The molecule has 22 heavy (non-hydrogen) atoms. The second kappa shape index (κ2) is 8.12. The van der Waals surface area contributed by atoms with Gasteiger partial charge in [-0.25, -0.2) is 0 Å². The number of piperidine rings is 1. The second-order valence-electron chi connectivity index (χ2n) is 8.21. The number of aliphatic hydroxyl groups is 1. The minimum Gasteiger partial charge on any atom is -0.390 e. The Kier molecular flexibility index (Phi) is 6.17. The average Bonchev–Trinajstić information content (AvgIpc) is 3.21. The molecule has 2 aliphatic carbocycles. The lowest BCUT2D eigenvalue weighted by molar-refractivity contribution is 0.0306. The summed E-state index contributed by atoms with van der Waals surface area (Å²) in [5.41, 5.74) is 0. The van der Waals surface area contributed by atoms with Gasteiger partial charge >= 0.3 is 0 Å². The Bertz CT molecular complexity index is 299. The molecule has 1 N–H and O–H groups in total. The molecule has 1 aliphatic heterocycles. The summed E-state index contributed by atoms with van der Waals surface area (Å²) >= 11 is 0. The van der Waals surface area contributed by atoms with Gasteiger partial charge in [0.2, 0.25) is 0 Å². The highest BCUT2D eigenvalue weighted by atomic mass is 16.3. The molecule has 0 aromatic rings. The maximum absolute atomic E-state index is 10.7. The predicted molar refractivity (Wildman–Crippen MR) is 92.1 cm³/mol. The maximum Gasteiger partial charge on any atom is 0.0794 e. The summed E-state index contributed by atoms with van der Waals surface area (Å²) in [6.07, 6.45) is 13.5. The number of hydrogen-bond acceptors (Lipinski definition) is 3. The molecule has 0 bridgehead atoms. The second-order valence-corrected chi connectivity index (χ2v) is 8.21. The molecule has 0 unspecified atom stereocenters. The Morgan fingerprint density at radius 3 is 1.91 bits per heavy atom. The monoisotopic (exact) mass is 308 g/mol. The van der Waals surface area contributed by atoms with Crippen molar-refractivity contribution in [3.63, 3.8) is 0 Å². The van der Waals surface area contributed by atoms with Crippen LogP contribution in [0.2, 0.25) is 0 Å². The summed E-state index contributed by atoms with van der Waals surface area (Å²) in [6, 6.07) is 1.53. The molecular formula is C19H36N2O. The van der Waals surface area contributed by atoms with Gasteiger partial charge < -0.3 is 10.0 Å². The molecule has 1 saturated heterocycles. The Morgan fingerprint density at radius 1 is 0.909 bits per heavy atom. The van der Waals surface area contributed by atoms with Crippen LogP contribution in [-0.2, 0) is 0 Å². The molecule has 3 aliphatic rings. The molecule has 0 aromatic heterocycles. The summed E-state index contributed by atoms with van der Waals surface area (Å²) < 4.78 is 0. The van der Waals surface area contributed by atoms with Crippen LogP contribution in [0.1, 0.15) is 71.1 Å². The minimum atomic E-state index is -0.158. The lowest BCUT2D eigenvalue weighted by Gasteiger charge is -2.38. The summed E-state index contributed by atoms with van der Waals surface area (Å²) in [5, 5.41) is 10.7. The fourth-order valence-electron chi connectivity index (χ4n) is 4.91. The van der Waals surface area contributed by atoms with Gasteiger partial charge in [-0.3, -0.25) is 4.90 Å². The first-order chi connectivity index (χ1) is 10.7. The number of hydrogen-bond donors (Lipinski definition) is 1. The van der Waals surface area contributed by atoms with Crippen molar-refractivity contribution in [2.24, 2.45) is 5.92 Å². The van der Waals surface area contributed by atoms with Crippen molar-refractivity contribution in [1.29, 1.82) is 0 Å². The third-order valence-corrected chi connectivity index (χ3v) is 6.35. The molecule has 0 amide bonds. The summed E-state index contributed by atoms with van der Waals surface area (Å²) in [7, 11) is 0. The van der Waals surface area contributed by atoms with Gasteiger partial charge in [-0.1, -0.05) is 32.6 Å². The zero-order chi connectivity index (χ0) is 15.4. The topological polar surface area (TPSA) is 26.7 Å². The standard InChI is InChI=1S/C19H36N2O/c1-16-10-12-20(13-11-16)14-19(22)15-21(17-6-2-3-7-17)18-8-4-5-9-18/h16-19,22H,2-15H2,1H3/t19-/m0/s1. The summed E-state index contributed by atoms with van der Waals surface area (Å²) in [6.45, 7) is 6.54. The first-order valence-electron chi connectivity index (χ1n) is 9.88. The SMILES string of the molecule is CC1CCN(C[C@H](O)CN(C2CCCC2)C2CCCC2)CC1. The fraction of sp³-hybridized carbons (Fsp3) is 1.00. The quantitative estimate of drug-likeness (QED) is 0.816. The Hall–Kier alpha value is -0.120. The van der Waals surface area contributed by atoms with Gasteiger partial charge in [0.25, 0.3) is 0 Å². The molecule has 1 atom stereocenters. The van der Waals surface area contributed by atoms with Gasteiger partial charge in [0.1, 0.15) is 0 Å². The summed E-state index contributed by atoms with van der Waals surface area (Å²) in [5.74, 6) is 0.877. The molecule has 3 nitrogen and oxygen atoms in total. The first-order valence-corrected chi connectivity index (χ1v) is 9.88. The van der Waals surface area contributed by atoms with E-state index >= 15 is 0 Å². The van der Waals surface area contributed by atoms with Crippen molar-refractivity contribution in [3.8, 4) is 0 Å². The number of nitrogens with zero attached hydrogens (tertiary/aromatic N) is 2. The highest BCUT2D eigenvalue weighted by molar-refractivity contribution is 4.87. The predicted octanol–water partition coefficient (Wildman–Crippen LogP) is 3.27. The van der Waals surface area contributed by atoms with Gasteiger partial charge in [-0.15, -0.1) is 0 Å². The maximum atomic E-state index is 10.7. The fourth-order valence-corrected chi connectivity index (χ4v) is 4.91. The largest absolute Gasteiger partial charge is 0.390 e. The van der Waals surface area contributed by atoms with Gasteiger partial charge in [-0.05, 0) is 57.5 Å². The van der Waals surface area contributed by atoms with Crippen molar-refractivity contribution < 1.29 is 5.11 Å². The van der Waals surface area contributed by atoms with Crippen LogP contribution in [0.5, 0.6) is 0 Å². The van der Waals surface area contributed by atoms with E-state index in [0.29, 0.717) is 0 Å². The van der Waals surface area contributed by atoms with Crippen LogP contribution in [-0.4, -0.2) is 59.3 Å². The van der Waals surface area contributed by atoms with Crippen LogP contribution >= 0.6 is 0 Å². The smallest absolute Gasteiger partial charge is 0.0794 e. The number of likely N-dealkylation sites (tertiary alicyclic amines) is 1. The van der Waals surface area contributed by atoms with E-state index in [-0.39, 0.29) is 6.10 Å². The van der Waals surface area contributed by atoms with Crippen molar-refractivity contribution in [2.75, 3.05) is 26.2 Å². The molecule has 0 spiro atoms. The molecule has 1 heterocycles. The molecule has 3 fully saturated rings. The van der Waals surface area contributed by atoms with E-state index in [1.54, 1.807) is 0 Å². The number of β-amino-alcohol motifs (C(OH)–C–C–N with tert-alkyl or cyclic N) is 1. The molecule has 3 rings (SSSR count). The zero-order valence-electron chi connectivity index (χ0n) is 14.6. The van der Waals surface area contributed by atoms with Crippen LogP contribution in [0.3, 0.4) is 0 Å². The lowest BCUT2D eigenvalue weighted by atomic mass is 9.99. The molecule has 128 valence electrons. The van der Waals surface area contributed by atoms with Crippen molar-refractivity contribution >= 4 is 0 Å². The third-order valence-electron chi connectivity index (χ3n) is 6.35. The molecule has 0 aromatic carbocycles. The molecule has 0 radical (unpaired) electrons. The van der Waals surface area contributed by atoms with E-state index < -0.39 is 0 Å². The van der Waals surface area contributed by atoms with Crippen LogP contribution in [0, 0.1) is 5.92 Å². The molecular weight excluding hydrogens is 272 g/mol.